The zero-order valence-electron chi connectivity index (χ0n) is 13.5. The van der Waals surface area contributed by atoms with E-state index in [0.717, 1.165) is 4.88 Å². The van der Waals surface area contributed by atoms with Gasteiger partial charge in [0, 0.05) is 30.2 Å². The van der Waals surface area contributed by atoms with Crippen molar-refractivity contribution >= 4 is 17.4 Å². The molecule has 2 rings (SSSR count). The van der Waals surface area contributed by atoms with Crippen LogP contribution in [0.2, 0.25) is 0 Å². The third-order valence-electron chi connectivity index (χ3n) is 3.22. The Morgan fingerprint density at radius 1 is 1.40 bits per heavy atom. The largest absolute Gasteiger partial charge is 0.468 e. The fraction of sp³-hybridized carbons (Fsp3) is 0.375. The number of ether oxygens (including phenoxy) is 1. The number of pyridine rings is 1. The van der Waals surface area contributed by atoms with E-state index < -0.39 is 12.8 Å². The lowest BCUT2D eigenvalue weighted by atomic mass is 10.2. The van der Waals surface area contributed by atoms with Crippen LogP contribution in [-0.4, -0.2) is 35.2 Å². The quantitative estimate of drug-likeness (QED) is 0.803. The Kier molecular flexibility index (Phi) is 6.63. The molecule has 0 saturated heterocycles. The highest BCUT2D eigenvalue weighted by Gasteiger charge is 2.28. The first-order valence-corrected chi connectivity index (χ1v) is 8.45. The predicted octanol–water partition coefficient (Wildman–Crippen LogP) is 3.82. The summed E-state index contributed by atoms with van der Waals surface area (Å²) in [7, 11) is 0. The highest BCUT2D eigenvalue weighted by molar-refractivity contribution is 7.09. The van der Waals surface area contributed by atoms with E-state index in [0.29, 0.717) is 18.7 Å². The third-order valence-corrected chi connectivity index (χ3v) is 4.08. The third kappa shape index (κ3) is 6.61. The molecule has 9 heteroatoms. The van der Waals surface area contributed by atoms with Gasteiger partial charge in [0.15, 0.2) is 6.61 Å². The van der Waals surface area contributed by atoms with Crippen LogP contribution in [0.5, 0.6) is 5.88 Å². The molecule has 0 unspecified atom stereocenters. The summed E-state index contributed by atoms with van der Waals surface area (Å²) < 4.78 is 41.1. The lowest BCUT2D eigenvalue weighted by Crippen LogP contribution is -2.38. The van der Waals surface area contributed by atoms with Crippen LogP contribution >= 0.6 is 11.3 Å². The Hall–Kier alpha value is -2.29. The number of nitrogens with zero attached hydrogens (tertiary/aromatic N) is 2. The van der Waals surface area contributed by atoms with Gasteiger partial charge in [-0.05, 0) is 30.0 Å². The average molecular weight is 373 g/mol. The summed E-state index contributed by atoms with van der Waals surface area (Å²) in [5.74, 6) is -0.130. The molecule has 0 saturated carbocycles. The van der Waals surface area contributed by atoms with E-state index in [1.54, 1.807) is 22.3 Å². The maximum atomic E-state index is 12.2. The van der Waals surface area contributed by atoms with Crippen LogP contribution < -0.4 is 10.1 Å². The van der Waals surface area contributed by atoms with Crippen LogP contribution in [0.1, 0.15) is 17.4 Å². The molecular formula is C16H18F3N3O2S. The Morgan fingerprint density at radius 2 is 2.20 bits per heavy atom. The first-order valence-electron chi connectivity index (χ1n) is 7.57. The van der Waals surface area contributed by atoms with Crippen molar-refractivity contribution in [2.75, 3.05) is 13.2 Å². The number of alkyl halides is 3. The summed E-state index contributed by atoms with van der Waals surface area (Å²) in [5, 5.41) is 4.69. The van der Waals surface area contributed by atoms with Crippen molar-refractivity contribution in [2.24, 2.45) is 0 Å². The van der Waals surface area contributed by atoms with E-state index in [9.17, 15) is 18.0 Å². The molecule has 25 heavy (non-hydrogen) atoms. The van der Waals surface area contributed by atoms with Gasteiger partial charge >= 0.3 is 12.2 Å². The van der Waals surface area contributed by atoms with Gasteiger partial charge in [-0.15, -0.1) is 11.3 Å². The van der Waals surface area contributed by atoms with E-state index in [4.69, 9.17) is 0 Å². The number of amides is 2. The fourth-order valence-electron chi connectivity index (χ4n) is 2.00. The van der Waals surface area contributed by atoms with Crippen molar-refractivity contribution in [1.82, 2.24) is 15.2 Å². The molecule has 2 aromatic rings. The molecular weight excluding hydrogens is 355 g/mol. The molecule has 0 radical (unpaired) electrons. The molecule has 1 N–H and O–H groups in total. The minimum atomic E-state index is -4.42. The van der Waals surface area contributed by atoms with E-state index in [-0.39, 0.29) is 18.5 Å². The van der Waals surface area contributed by atoms with Gasteiger partial charge in [-0.2, -0.15) is 13.2 Å². The van der Waals surface area contributed by atoms with E-state index in [1.807, 2.05) is 24.4 Å². The van der Waals surface area contributed by atoms with E-state index in [1.165, 1.54) is 12.3 Å². The normalized spacial score (nSPS) is 11.2. The van der Waals surface area contributed by atoms with E-state index >= 15 is 0 Å². The second-order valence-electron chi connectivity index (χ2n) is 5.16. The van der Waals surface area contributed by atoms with Gasteiger partial charge in [0.05, 0.1) is 6.54 Å². The molecule has 0 aromatic carbocycles. The van der Waals surface area contributed by atoms with Crippen molar-refractivity contribution in [3.05, 3.63) is 46.3 Å². The first kappa shape index (κ1) is 19.0. The molecule has 136 valence electrons. The fourth-order valence-corrected chi connectivity index (χ4v) is 2.72. The average Bonchev–Trinajstić information content (AvgIpc) is 3.08. The number of halogens is 3. The zero-order valence-corrected chi connectivity index (χ0v) is 14.4. The van der Waals surface area contributed by atoms with Crippen LogP contribution in [0, 0.1) is 0 Å². The maximum Gasteiger partial charge on any atom is 0.422 e. The highest BCUT2D eigenvalue weighted by atomic mass is 32.1. The summed E-state index contributed by atoms with van der Waals surface area (Å²) in [5.41, 5.74) is 0.604. The molecule has 5 nitrogen and oxygen atoms in total. The first-order chi connectivity index (χ1) is 11.9. The SMILES string of the molecule is CCN(Cc1cccs1)C(=O)NCc1ccnc(OCC(F)(F)F)c1. The molecule has 0 aliphatic carbocycles. The molecule has 0 fully saturated rings. The zero-order chi connectivity index (χ0) is 18.3. The number of thiophene rings is 1. The number of carbonyl (C=O) groups is 1. The van der Waals surface area contributed by atoms with Crippen molar-refractivity contribution in [3.63, 3.8) is 0 Å². The minimum Gasteiger partial charge on any atom is -0.468 e. The number of hydrogen-bond donors (Lipinski definition) is 1. The standard InChI is InChI=1S/C16H18F3N3O2S/c1-2-22(10-13-4-3-7-25-13)15(23)21-9-12-5-6-20-14(8-12)24-11-16(17,18)19/h3-8H,2,9-11H2,1H3,(H,21,23). The Bertz CT molecular complexity index is 678. The molecule has 0 spiro atoms. The van der Waals surface area contributed by atoms with Crippen LogP contribution in [0.4, 0.5) is 18.0 Å². The van der Waals surface area contributed by atoms with Crippen molar-refractivity contribution in [3.8, 4) is 5.88 Å². The van der Waals surface area contributed by atoms with Gasteiger partial charge < -0.3 is 15.0 Å². The van der Waals surface area contributed by atoms with Crippen LogP contribution in [0.25, 0.3) is 0 Å². The molecule has 0 atom stereocenters. The van der Waals surface area contributed by atoms with E-state index in [2.05, 4.69) is 15.0 Å². The molecule has 2 amide bonds. The molecule has 0 aliphatic rings. The number of carbonyl (C=O) groups excluding carboxylic acids is 1. The van der Waals surface area contributed by atoms with Crippen molar-refractivity contribution in [2.45, 2.75) is 26.2 Å². The summed E-state index contributed by atoms with van der Waals surface area (Å²) in [6.07, 6.45) is -3.08. The highest BCUT2D eigenvalue weighted by Crippen LogP contribution is 2.17. The minimum absolute atomic E-state index is 0.130. The van der Waals surface area contributed by atoms with Crippen LogP contribution in [0.15, 0.2) is 35.8 Å². The Balaban J connectivity index is 1.88. The van der Waals surface area contributed by atoms with Gasteiger partial charge in [0.1, 0.15) is 0 Å². The van der Waals surface area contributed by atoms with Gasteiger partial charge in [-0.3, -0.25) is 0 Å². The predicted molar refractivity (Wildman–Crippen MR) is 88.4 cm³/mol. The van der Waals surface area contributed by atoms with Gasteiger partial charge in [-0.1, -0.05) is 6.07 Å². The number of hydrogen-bond acceptors (Lipinski definition) is 4. The van der Waals surface area contributed by atoms with Crippen molar-refractivity contribution in [1.29, 1.82) is 0 Å². The number of aromatic nitrogens is 1. The number of urea groups is 1. The molecule has 0 aliphatic heterocycles. The second-order valence-corrected chi connectivity index (χ2v) is 6.19. The van der Waals surface area contributed by atoms with Crippen LogP contribution in [-0.2, 0) is 13.1 Å². The lowest BCUT2D eigenvalue weighted by Gasteiger charge is -2.20. The summed E-state index contributed by atoms with van der Waals surface area (Å²) in [6, 6.07) is 6.61. The molecule has 0 bridgehead atoms. The van der Waals surface area contributed by atoms with Crippen LogP contribution in [0.3, 0.4) is 0 Å². The molecule has 2 heterocycles. The maximum absolute atomic E-state index is 12.2. The summed E-state index contributed by atoms with van der Waals surface area (Å²) in [4.78, 5) is 18.7. The van der Waals surface area contributed by atoms with Gasteiger partial charge in [0.25, 0.3) is 0 Å². The second kappa shape index (κ2) is 8.70. The van der Waals surface area contributed by atoms with Gasteiger partial charge in [-0.25, -0.2) is 9.78 Å². The smallest absolute Gasteiger partial charge is 0.422 e. The monoisotopic (exact) mass is 373 g/mol. The lowest BCUT2D eigenvalue weighted by molar-refractivity contribution is -0.154. The Morgan fingerprint density at radius 3 is 2.84 bits per heavy atom. The number of rotatable bonds is 7. The number of nitrogens with one attached hydrogen (secondary N) is 1. The topological polar surface area (TPSA) is 54.5 Å². The summed E-state index contributed by atoms with van der Waals surface area (Å²) >= 11 is 1.57. The Labute approximate surface area is 147 Å². The van der Waals surface area contributed by atoms with Gasteiger partial charge in [0.2, 0.25) is 5.88 Å². The van der Waals surface area contributed by atoms with Crippen molar-refractivity contribution < 1.29 is 22.7 Å². The molecule has 2 aromatic heterocycles. The summed E-state index contributed by atoms with van der Waals surface area (Å²) in [6.45, 7) is 1.70.